The Balaban J connectivity index is 2.36. The van der Waals surface area contributed by atoms with E-state index >= 15 is 0 Å². The molecule has 0 N–H and O–H groups in total. The lowest BCUT2D eigenvalue weighted by Crippen LogP contribution is -2.22. The Labute approximate surface area is 95.6 Å². The SMILES string of the molecule is CS(C)(C)(Cl)(Cl)CCCC1C=CC=C1. The summed E-state index contributed by atoms with van der Waals surface area (Å²) < 4.78 is 0. The Morgan fingerprint density at radius 3 is 2.00 bits per heavy atom. The van der Waals surface area contributed by atoms with E-state index in [4.69, 9.17) is 21.4 Å². The maximum absolute atomic E-state index is 6.48. The summed E-state index contributed by atoms with van der Waals surface area (Å²) in [5.74, 6) is 1.52. The molecule has 0 atom stereocenters. The van der Waals surface area contributed by atoms with E-state index in [9.17, 15) is 0 Å². The van der Waals surface area contributed by atoms with Gasteiger partial charge < -0.3 is 0 Å². The van der Waals surface area contributed by atoms with E-state index < -0.39 is 6.72 Å². The van der Waals surface area contributed by atoms with Crippen molar-refractivity contribution in [2.24, 2.45) is 5.92 Å². The first-order valence-electron chi connectivity index (χ1n) is 4.90. The van der Waals surface area contributed by atoms with Gasteiger partial charge in [0, 0.05) is 0 Å². The molecule has 0 amide bonds. The van der Waals surface area contributed by atoms with Crippen LogP contribution in [0.25, 0.3) is 0 Å². The molecule has 0 aromatic rings. The van der Waals surface area contributed by atoms with Gasteiger partial charge in [-0.2, -0.15) is 6.72 Å². The Morgan fingerprint density at radius 2 is 1.57 bits per heavy atom. The Morgan fingerprint density at radius 1 is 1.07 bits per heavy atom. The molecule has 0 unspecified atom stereocenters. The molecule has 0 bridgehead atoms. The van der Waals surface area contributed by atoms with Crippen LogP contribution in [0, 0.1) is 5.92 Å². The van der Waals surface area contributed by atoms with Gasteiger partial charge in [-0.3, -0.25) is 0 Å². The molecule has 1 rings (SSSR count). The van der Waals surface area contributed by atoms with E-state index in [1.165, 1.54) is 0 Å². The zero-order valence-electron chi connectivity index (χ0n) is 9.17. The smallest absolute Gasteiger partial charge is 0.00470 e. The van der Waals surface area contributed by atoms with Gasteiger partial charge in [-0.1, -0.05) is 45.7 Å². The van der Waals surface area contributed by atoms with E-state index in [1.807, 2.05) is 18.8 Å². The van der Waals surface area contributed by atoms with Crippen LogP contribution in [0.1, 0.15) is 12.8 Å². The van der Waals surface area contributed by atoms with Gasteiger partial charge >= 0.3 is 0 Å². The van der Waals surface area contributed by atoms with E-state index in [2.05, 4.69) is 24.3 Å². The third-order valence-corrected chi connectivity index (χ3v) is 5.02. The molecule has 0 radical (unpaired) electrons. The third kappa shape index (κ3) is 6.00. The average Bonchev–Trinajstić information content (AvgIpc) is 2.33. The van der Waals surface area contributed by atoms with E-state index in [0.717, 1.165) is 18.6 Å². The van der Waals surface area contributed by atoms with E-state index in [0.29, 0.717) is 5.92 Å². The molecule has 0 nitrogen and oxygen atoms in total. The number of hydrogen-bond donors (Lipinski definition) is 0. The van der Waals surface area contributed by atoms with Crippen molar-refractivity contribution in [1.29, 1.82) is 0 Å². The minimum Gasteiger partial charge on any atom is -0.163 e. The maximum Gasteiger partial charge on any atom is -0.00470 e. The molecule has 0 spiro atoms. The predicted octanol–water partition coefficient (Wildman–Crippen LogP) is 4.58. The fraction of sp³-hybridized carbons (Fsp3) is 0.636. The van der Waals surface area contributed by atoms with Crippen LogP contribution in [0.2, 0.25) is 0 Å². The van der Waals surface area contributed by atoms with Gasteiger partial charge in [0.05, 0.1) is 0 Å². The first kappa shape index (κ1) is 12.5. The summed E-state index contributed by atoms with van der Waals surface area (Å²) in [6, 6.07) is 0. The van der Waals surface area contributed by atoms with Crippen molar-refractivity contribution in [3.63, 3.8) is 0 Å². The van der Waals surface area contributed by atoms with Crippen molar-refractivity contribution in [2.45, 2.75) is 12.8 Å². The normalized spacial score (nSPS) is 22.4. The highest BCUT2D eigenvalue weighted by molar-refractivity contribution is 8.90. The molecule has 84 valence electrons. The highest BCUT2D eigenvalue weighted by Crippen LogP contribution is 2.90. The maximum atomic E-state index is 6.48. The molecule has 14 heavy (non-hydrogen) atoms. The lowest BCUT2D eigenvalue weighted by Gasteiger charge is -2.59. The van der Waals surface area contributed by atoms with Crippen LogP contribution in [-0.4, -0.2) is 24.5 Å². The summed E-state index contributed by atoms with van der Waals surface area (Å²) in [6.45, 7) is -2.72. The first-order chi connectivity index (χ1) is 6.05. The van der Waals surface area contributed by atoms with Crippen molar-refractivity contribution in [3.8, 4) is 0 Å². The highest BCUT2D eigenvalue weighted by Gasteiger charge is 2.41. The Bertz CT molecular complexity index is 256. The lowest BCUT2D eigenvalue weighted by atomic mass is 10.1. The zero-order valence-corrected chi connectivity index (χ0v) is 11.5. The summed E-state index contributed by atoms with van der Waals surface area (Å²) in [5.41, 5.74) is 0. The van der Waals surface area contributed by atoms with Gasteiger partial charge in [0.25, 0.3) is 0 Å². The van der Waals surface area contributed by atoms with Crippen LogP contribution in [0.3, 0.4) is 0 Å². The number of halogens is 2. The molecular weight excluding hydrogens is 235 g/mol. The molecule has 0 saturated carbocycles. The quantitative estimate of drug-likeness (QED) is 0.689. The monoisotopic (exact) mass is 254 g/mol. The van der Waals surface area contributed by atoms with Gasteiger partial charge in [0.2, 0.25) is 0 Å². The molecule has 0 aromatic carbocycles. The van der Waals surface area contributed by atoms with Crippen molar-refractivity contribution >= 4 is 28.1 Å². The largest absolute Gasteiger partial charge is 0.163 e. The van der Waals surface area contributed by atoms with Crippen LogP contribution in [0.15, 0.2) is 24.3 Å². The molecular formula is C11H20Cl2S. The zero-order chi connectivity index (χ0) is 10.9. The second-order valence-electron chi connectivity index (χ2n) is 5.57. The van der Waals surface area contributed by atoms with Gasteiger partial charge in [-0.15, -0.1) is 0 Å². The van der Waals surface area contributed by atoms with Crippen LogP contribution < -0.4 is 0 Å². The highest BCUT2D eigenvalue weighted by atomic mass is 36.0. The topological polar surface area (TPSA) is 0 Å². The Hall–Kier alpha value is 0.410. The van der Waals surface area contributed by atoms with Crippen LogP contribution in [-0.2, 0) is 0 Å². The lowest BCUT2D eigenvalue weighted by molar-refractivity contribution is 0.701. The van der Waals surface area contributed by atoms with Gasteiger partial charge in [-0.25, -0.2) is 0 Å². The summed E-state index contributed by atoms with van der Waals surface area (Å²) in [6.07, 6.45) is 16.9. The fourth-order valence-electron chi connectivity index (χ4n) is 1.53. The Kier molecular flexibility index (Phi) is 2.85. The molecule has 0 fully saturated rings. The molecule has 1 aliphatic rings. The van der Waals surface area contributed by atoms with Crippen molar-refractivity contribution in [2.75, 3.05) is 24.5 Å². The molecule has 3 heteroatoms. The minimum absolute atomic E-state index is 0.600. The van der Waals surface area contributed by atoms with Gasteiger partial charge in [0.1, 0.15) is 0 Å². The van der Waals surface area contributed by atoms with Crippen molar-refractivity contribution in [3.05, 3.63) is 24.3 Å². The van der Waals surface area contributed by atoms with Crippen LogP contribution >= 0.6 is 28.1 Å². The molecule has 0 aromatic heterocycles. The molecule has 0 heterocycles. The number of rotatable bonds is 4. The first-order valence-corrected chi connectivity index (χ1v) is 10.4. The third-order valence-electron chi connectivity index (χ3n) is 2.28. The fourth-order valence-corrected chi connectivity index (χ4v) is 3.44. The number of hydrogen-bond acceptors (Lipinski definition) is 0. The molecule has 0 saturated heterocycles. The summed E-state index contributed by atoms with van der Waals surface area (Å²) >= 11 is 0. The van der Waals surface area contributed by atoms with Crippen LogP contribution in [0.5, 0.6) is 0 Å². The predicted molar refractivity (Wildman–Crippen MR) is 72.9 cm³/mol. The van der Waals surface area contributed by atoms with E-state index in [-0.39, 0.29) is 0 Å². The van der Waals surface area contributed by atoms with Crippen LogP contribution in [0.4, 0.5) is 0 Å². The van der Waals surface area contributed by atoms with Gasteiger partial charge in [-0.05, 0) is 43.3 Å². The standard InChI is InChI=1S/C11H20Cl2S/c1-14(2,3,12,13)10-6-9-11-7-4-5-8-11/h4-5,7-8,11H,6,9-10H2,1-3H3. The second kappa shape index (κ2) is 3.20. The second-order valence-corrected chi connectivity index (χ2v) is 20.8. The van der Waals surface area contributed by atoms with E-state index in [1.54, 1.807) is 0 Å². The molecule has 0 aliphatic heterocycles. The summed E-state index contributed by atoms with van der Waals surface area (Å²) in [5, 5.41) is 0. The van der Waals surface area contributed by atoms with Crippen molar-refractivity contribution < 1.29 is 0 Å². The minimum atomic E-state index is -2.72. The van der Waals surface area contributed by atoms with Crippen molar-refractivity contribution in [1.82, 2.24) is 0 Å². The number of allylic oxidation sites excluding steroid dienone is 4. The average molecular weight is 255 g/mol. The summed E-state index contributed by atoms with van der Waals surface area (Å²) in [4.78, 5) is 0. The van der Waals surface area contributed by atoms with Gasteiger partial charge in [0.15, 0.2) is 0 Å². The molecule has 1 aliphatic carbocycles. The summed E-state index contributed by atoms with van der Waals surface area (Å²) in [7, 11) is 13.0.